The van der Waals surface area contributed by atoms with Crippen molar-refractivity contribution in [2.24, 2.45) is 0 Å². The molecule has 1 saturated carbocycles. The second kappa shape index (κ2) is 6.86. The molecule has 5 heteroatoms. The van der Waals surface area contributed by atoms with Crippen LogP contribution in [-0.4, -0.2) is 15.6 Å². The van der Waals surface area contributed by atoms with E-state index >= 15 is 0 Å². The van der Waals surface area contributed by atoms with E-state index in [1.165, 1.54) is 25.7 Å². The first-order valence-corrected chi connectivity index (χ1v) is 6.83. The lowest BCUT2D eigenvalue weighted by Gasteiger charge is -2.12. The van der Waals surface area contributed by atoms with Gasteiger partial charge in [0.25, 0.3) is 0 Å². The van der Waals surface area contributed by atoms with Crippen LogP contribution >= 0.6 is 12.4 Å². The van der Waals surface area contributed by atoms with Gasteiger partial charge in [-0.2, -0.15) is 0 Å². The number of rotatable bonds is 4. The van der Waals surface area contributed by atoms with E-state index in [1.807, 2.05) is 12.1 Å². The summed E-state index contributed by atoms with van der Waals surface area (Å²) in [7, 11) is 0. The Kier molecular flexibility index (Phi) is 5.15. The molecule has 1 N–H and O–H groups in total. The van der Waals surface area contributed by atoms with Gasteiger partial charge in [-0.1, -0.05) is 18.9 Å². The van der Waals surface area contributed by atoms with Crippen molar-refractivity contribution in [3.05, 3.63) is 48.3 Å². The first-order valence-electron chi connectivity index (χ1n) is 6.83. The van der Waals surface area contributed by atoms with E-state index in [4.69, 9.17) is 0 Å². The molecule has 3 nitrogen and oxygen atoms in total. The number of imidazole rings is 1. The molecule has 1 heterocycles. The van der Waals surface area contributed by atoms with Gasteiger partial charge in [0, 0.05) is 25.0 Å². The summed E-state index contributed by atoms with van der Waals surface area (Å²) >= 11 is 0. The van der Waals surface area contributed by atoms with Crippen LogP contribution in [0, 0.1) is 5.82 Å². The number of benzene rings is 1. The molecule has 0 bridgehead atoms. The van der Waals surface area contributed by atoms with Crippen LogP contribution in [0.2, 0.25) is 0 Å². The van der Waals surface area contributed by atoms with Crippen molar-refractivity contribution in [2.45, 2.75) is 38.3 Å². The van der Waals surface area contributed by atoms with E-state index in [0.29, 0.717) is 11.7 Å². The smallest absolute Gasteiger partial charge is 0.147 e. The average Bonchev–Trinajstić information content (AvgIpc) is 3.10. The summed E-state index contributed by atoms with van der Waals surface area (Å²) in [5, 5.41) is 3.49. The van der Waals surface area contributed by atoms with E-state index in [-0.39, 0.29) is 18.2 Å². The zero-order valence-electron chi connectivity index (χ0n) is 11.3. The van der Waals surface area contributed by atoms with Crippen molar-refractivity contribution in [1.82, 2.24) is 14.9 Å². The van der Waals surface area contributed by atoms with Crippen molar-refractivity contribution >= 4 is 12.4 Å². The van der Waals surface area contributed by atoms with E-state index in [2.05, 4.69) is 10.3 Å². The Morgan fingerprint density at radius 3 is 2.75 bits per heavy atom. The molecule has 108 valence electrons. The maximum atomic E-state index is 14.0. The standard InChI is InChI=1S/C15H18FN3.ClH/c16-14-9-12(10-18-13-3-1-2-4-13)5-6-15(14)19-8-7-17-11-19;/h5-9,11,13,18H,1-4,10H2;1H. The Morgan fingerprint density at radius 2 is 2.10 bits per heavy atom. The van der Waals surface area contributed by atoms with E-state index in [9.17, 15) is 4.39 Å². The van der Waals surface area contributed by atoms with Crippen LogP contribution in [0.25, 0.3) is 5.69 Å². The number of halogens is 2. The molecule has 0 amide bonds. The number of hydrogen-bond acceptors (Lipinski definition) is 2. The first kappa shape index (κ1) is 15.0. The molecule has 0 saturated heterocycles. The Labute approximate surface area is 124 Å². The maximum Gasteiger partial charge on any atom is 0.147 e. The molecule has 3 rings (SSSR count). The molecule has 1 aliphatic carbocycles. The topological polar surface area (TPSA) is 29.9 Å². The van der Waals surface area contributed by atoms with Gasteiger partial charge in [0.2, 0.25) is 0 Å². The Bertz CT molecular complexity index is 536. The molecule has 1 aliphatic rings. The highest BCUT2D eigenvalue weighted by atomic mass is 35.5. The molecule has 0 spiro atoms. The number of nitrogens with one attached hydrogen (secondary N) is 1. The minimum atomic E-state index is -0.205. The summed E-state index contributed by atoms with van der Waals surface area (Å²) in [5.41, 5.74) is 1.54. The second-order valence-corrected chi connectivity index (χ2v) is 5.12. The van der Waals surface area contributed by atoms with Gasteiger partial charge in [-0.3, -0.25) is 0 Å². The first-order chi connectivity index (χ1) is 9.33. The molecule has 1 aromatic heterocycles. The molecule has 0 radical (unpaired) electrons. The zero-order valence-corrected chi connectivity index (χ0v) is 12.1. The summed E-state index contributed by atoms with van der Waals surface area (Å²) in [6, 6.07) is 6.00. The van der Waals surface area contributed by atoms with E-state index in [0.717, 1.165) is 12.1 Å². The number of nitrogens with zero attached hydrogens (tertiary/aromatic N) is 2. The summed E-state index contributed by atoms with van der Waals surface area (Å²) in [4.78, 5) is 3.93. The average molecular weight is 296 g/mol. The number of aromatic nitrogens is 2. The van der Waals surface area contributed by atoms with Gasteiger partial charge in [-0.05, 0) is 30.5 Å². The van der Waals surface area contributed by atoms with Crippen LogP contribution in [0.1, 0.15) is 31.2 Å². The lowest BCUT2D eigenvalue weighted by atomic mass is 10.1. The van der Waals surface area contributed by atoms with Crippen LogP contribution in [0.15, 0.2) is 36.9 Å². The predicted octanol–water partition coefficient (Wildman–Crippen LogP) is 3.47. The SMILES string of the molecule is Cl.Fc1cc(CNC2CCCC2)ccc1-n1ccnc1. The fourth-order valence-electron chi connectivity index (χ4n) is 2.66. The minimum Gasteiger partial charge on any atom is -0.310 e. The Morgan fingerprint density at radius 1 is 1.30 bits per heavy atom. The molecule has 1 fully saturated rings. The fourth-order valence-corrected chi connectivity index (χ4v) is 2.66. The highest BCUT2D eigenvalue weighted by molar-refractivity contribution is 5.85. The lowest BCUT2D eigenvalue weighted by molar-refractivity contribution is 0.522. The number of hydrogen-bond donors (Lipinski definition) is 1. The largest absolute Gasteiger partial charge is 0.310 e. The van der Waals surface area contributed by atoms with Crippen LogP contribution in [-0.2, 0) is 6.54 Å². The van der Waals surface area contributed by atoms with Crippen molar-refractivity contribution in [1.29, 1.82) is 0 Å². The molecule has 0 unspecified atom stereocenters. The van der Waals surface area contributed by atoms with Crippen LogP contribution in [0.3, 0.4) is 0 Å². The van der Waals surface area contributed by atoms with Gasteiger partial charge < -0.3 is 9.88 Å². The third-order valence-electron chi connectivity index (χ3n) is 3.74. The summed E-state index contributed by atoms with van der Waals surface area (Å²) in [6.07, 6.45) is 10.1. The Balaban J connectivity index is 0.00000147. The normalized spacial score (nSPS) is 15.2. The van der Waals surface area contributed by atoms with Crippen LogP contribution in [0.5, 0.6) is 0 Å². The zero-order chi connectivity index (χ0) is 13.1. The lowest BCUT2D eigenvalue weighted by Crippen LogP contribution is -2.25. The molecule has 2 aromatic rings. The molecule has 20 heavy (non-hydrogen) atoms. The quantitative estimate of drug-likeness (QED) is 0.936. The van der Waals surface area contributed by atoms with Gasteiger partial charge in [0.15, 0.2) is 0 Å². The van der Waals surface area contributed by atoms with Gasteiger partial charge in [-0.15, -0.1) is 12.4 Å². The molecular formula is C15H19ClFN3. The predicted molar refractivity (Wildman–Crippen MR) is 79.9 cm³/mol. The van der Waals surface area contributed by atoms with Crippen molar-refractivity contribution in [3.63, 3.8) is 0 Å². The van der Waals surface area contributed by atoms with E-state index < -0.39 is 0 Å². The summed E-state index contributed by atoms with van der Waals surface area (Å²) in [6.45, 7) is 0.742. The third kappa shape index (κ3) is 3.38. The van der Waals surface area contributed by atoms with E-state index in [1.54, 1.807) is 29.4 Å². The molecule has 0 atom stereocenters. The van der Waals surface area contributed by atoms with Crippen molar-refractivity contribution in [3.8, 4) is 5.69 Å². The van der Waals surface area contributed by atoms with Crippen LogP contribution in [0.4, 0.5) is 4.39 Å². The second-order valence-electron chi connectivity index (χ2n) is 5.12. The van der Waals surface area contributed by atoms with Gasteiger partial charge in [0.1, 0.15) is 5.82 Å². The summed E-state index contributed by atoms with van der Waals surface area (Å²) in [5.74, 6) is -0.205. The highest BCUT2D eigenvalue weighted by Gasteiger charge is 2.14. The molecular weight excluding hydrogens is 277 g/mol. The molecule has 1 aromatic carbocycles. The van der Waals surface area contributed by atoms with Gasteiger partial charge >= 0.3 is 0 Å². The summed E-state index contributed by atoms with van der Waals surface area (Å²) < 4.78 is 15.7. The third-order valence-corrected chi connectivity index (χ3v) is 3.74. The van der Waals surface area contributed by atoms with Crippen molar-refractivity contribution < 1.29 is 4.39 Å². The van der Waals surface area contributed by atoms with Crippen LogP contribution < -0.4 is 5.32 Å². The fraction of sp³-hybridized carbons (Fsp3) is 0.400. The molecule has 0 aliphatic heterocycles. The highest BCUT2D eigenvalue weighted by Crippen LogP contribution is 2.19. The van der Waals surface area contributed by atoms with Crippen molar-refractivity contribution in [2.75, 3.05) is 0 Å². The Hall–Kier alpha value is -1.39. The minimum absolute atomic E-state index is 0. The van der Waals surface area contributed by atoms with Gasteiger partial charge in [0.05, 0.1) is 12.0 Å². The van der Waals surface area contributed by atoms with Gasteiger partial charge in [-0.25, -0.2) is 9.37 Å². The maximum absolute atomic E-state index is 14.0. The monoisotopic (exact) mass is 295 g/mol.